The van der Waals surface area contributed by atoms with Crippen LogP contribution in [0.15, 0.2) is 18.2 Å². The van der Waals surface area contributed by atoms with E-state index in [1.54, 1.807) is 12.1 Å². The van der Waals surface area contributed by atoms with Crippen LogP contribution in [0.5, 0.6) is 0 Å². The largest absolute Gasteiger partial charge is 0.327 e. The van der Waals surface area contributed by atoms with Crippen molar-refractivity contribution in [2.75, 3.05) is 11.4 Å². The number of aryl methyl sites for hydroxylation is 1. The van der Waals surface area contributed by atoms with Gasteiger partial charge >= 0.3 is 0 Å². The number of amides is 1. The molecule has 0 spiro atoms. The minimum Gasteiger partial charge on any atom is -0.327 e. The zero-order valence-electron chi connectivity index (χ0n) is 11.6. The zero-order chi connectivity index (χ0) is 14.1. The highest BCUT2D eigenvalue weighted by atomic mass is 19.1. The van der Waals surface area contributed by atoms with E-state index >= 15 is 0 Å². The molecule has 1 heterocycles. The maximum Gasteiger partial charge on any atom is 0.227 e. The molecule has 1 fully saturated rings. The molecule has 0 unspecified atom stereocenters. The van der Waals surface area contributed by atoms with Gasteiger partial charge in [0.25, 0.3) is 0 Å². The number of fused-ring (bicyclic) bond motifs is 1. The van der Waals surface area contributed by atoms with Crippen molar-refractivity contribution in [2.45, 2.75) is 44.6 Å². The molecule has 2 atom stereocenters. The van der Waals surface area contributed by atoms with Gasteiger partial charge in [0.05, 0.1) is 0 Å². The van der Waals surface area contributed by atoms with Crippen LogP contribution in [-0.4, -0.2) is 18.5 Å². The minimum atomic E-state index is -0.226. The molecule has 0 aromatic heterocycles. The summed E-state index contributed by atoms with van der Waals surface area (Å²) < 4.78 is 13.3. The Bertz CT molecular complexity index is 517. The van der Waals surface area contributed by atoms with Crippen molar-refractivity contribution >= 4 is 11.6 Å². The Morgan fingerprint density at radius 3 is 2.95 bits per heavy atom. The molecule has 20 heavy (non-hydrogen) atoms. The van der Waals surface area contributed by atoms with Crippen molar-refractivity contribution in [2.24, 2.45) is 11.7 Å². The number of nitrogens with zero attached hydrogens (tertiary/aromatic N) is 1. The van der Waals surface area contributed by atoms with Crippen LogP contribution in [0.1, 0.15) is 37.7 Å². The van der Waals surface area contributed by atoms with E-state index in [1.165, 1.54) is 6.07 Å². The Balaban J connectivity index is 1.76. The maximum absolute atomic E-state index is 13.3. The third-order valence-electron chi connectivity index (χ3n) is 4.62. The second-order valence-electron chi connectivity index (χ2n) is 5.98. The first kappa shape index (κ1) is 13.6. The lowest BCUT2D eigenvalue weighted by Crippen LogP contribution is -2.38. The molecule has 2 aliphatic rings. The predicted molar refractivity (Wildman–Crippen MR) is 77.0 cm³/mol. The number of hydrogen-bond acceptors (Lipinski definition) is 2. The summed E-state index contributed by atoms with van der Waals surface area (Å²) >= 11 is 0. The van der Waals surface area contributed by atoms with Crippen LogP contribution in [0.25, 0.3) is 0 Å². The number of hydrogen-bond donors (Lipinski definition) is 1. The van der Waals surface area contributed by atoms with Crippen molar-refractivity contribution in [1.82, 2.24) is 0 Å². The number of halogens is 1. The smallest absolute Gasteiger partial charge is 0.227 e. The molecule has 1 aromatic rings. The van der Waals surface area contributed by atoms with Crippen LogP contribution in [0, 0.1) is 11.7 Å². The van der Waals surface area contributed by atoms with Gasteiger partial charge in [-0.2, -0.15) is 0 Å². The van der Waals surface area contributed by atoms with Crippen LogP contribution < -0.4 is 10.6 Å². The van der Waals surface area contributed by atoms with Crippen LogP contribution in [0.4, 0.5) is 10.1 Å². The van der Waals surface area contributed by atoms with Gasteiger partial charge in [0.2, 0.25) is 5.91 Å². The van der Waals surface area contributed by atoms with Crippen molar-refractivity contribution in [3.63, 3.8) is 0 Å². The SMILES string of the molecule is N[C@@H]1CCC[C@H]1CC(=O)N1CCCc2cc(F)ccc21. The number of carbonyl (C=O) groups excluding carboxylic acids is 1. The molecule has 2 N–H and O–H groups in total. The molecule has 0 bridgehead atoms. The van der Waals surface area contributed by atoms with Crippen molar-refractivity contribution in [3.8, 4) is 0 Å². The molecule has 1 saturated carbocycles. The van der Waals surface area contributed by atoms with E-state index < -0.39 is 0 Å². The lowest BCUT2D eigenvalue weighted by molar-refractivity contribution is -0.119. The predicted octanol–water partition coefficient (Wildman–Crippen LogP) is 2.62. The molecular formula is C16H21FN2O. The van der Waals surface area contributed by atoms with Gasteiger partial charge < -0.3 is 10.6 Å². The lowest BCUT2D eigenvalue weighted by Gasteiger charge is -2.30. The molecule has 108 valence electrons. The van der Waals surface area contributed by atoms with E-state index in [2.05, 4.69) is 0 Å². The maximum atomic E-state index is 13.3. The first-order chi connectivity index (χ1) is 9.65. The number of rotatable bonds is 2. The Kier molecular flexibility index (Phi) is 3.74. The number of anilines is 1. The monoisotopic (exact) mass is 276 g/mol. The molecule has 3 rings (SSSR count). The number of benzene rings is 1. The van der Waals surface area contributed by atoms with Crippen LogP contribution in [0.2, 0.25) is 0 Å². The van der Waals surface area contributed by atoms with Gasteiger partial charge in [0.1, 0.15) is 5.82 Å². The third kappa shape index (κ3) is 2.57. The van der Waals surface area contributed by atoms with Crippen LogP contribution >= 0.6 is 0 Å². The molecule has 4 heteroatoms. The average molecular weight is 276 g/mol. The summed E-state index contributed by atoms with van der Waals surface area (Å²) in [7, 11) is 0. The number of carbonyl (C=O) groups is 1. The summed E-state index contributed by atoms with van der Waals surface area (Å²) in [5.74, 6) is 0.226. The van der Waals surface area contributed by atoms with E-state index in [0.717, 1.165) is 49.9 Å². The zero-order valence-corrected chi connectivity index (χ0v) is 11.6. The lowest BCUT2D eigenvalue weighted by atomic mass is 9.97. The average Bonchev–Trinajstić information content (AvgIpc) is 2.83. The highest BCUT2D eigenvalue weighted by molar-refractivity contribution is 5.94. The first-order valence-electron chi connectivity index (χ1n) is 7.49. The standard InChI is InChI=1S/C16H21FN2O/c17-13-6-7-15-12(9-13)4-2-8-19(15)16(20)10-11-3-1-5-14(11)18/h6-7,9,11,14H,1-5,8,10,18H2/t11-,14+/m0/s1. The fourth-order valence-corrected chi connectivity index (χ4v) is 3.48. The van der Waals surface area contributed by atoms with Gasteiger partial charge in [-0.25, -0.2) is 4.39 Å². The first-order valence-corrected chi connectivity index (χ1v) is 7.49. The fraction of sp³-hybridized carbons (Fsp3) is 0.562. The van der Waals surface area contributed by atoms with Gasteiger partial charge in [-0.3, -0.25) is 4.79 Å². The normalized spacial score (nSPS) is 25.6. The van der Waals surface area contributed by atoms with E-state index in [-0.39, 0.29) is 17.8 Å². The summed E-state index contributed by atoms with van der Waals surface area (Å²) in [5.41, 5.74) is 7.88. The van der Waals surface area contributed by atoms with Crippen LogP contribution in [0.3, 0.4) is 0 Å². The van der Waals surface area contributed by atoms with E-state index in [4.69, 9.17) is 5.73 Å². The molecule has 1 amide bonds. The minimum absolute atomic E-state index is 0.139. The van der Waals surface area contributed by atoms with Crippen LogP contribution in [-0.2, 0) is 11.2 Å². The fourth-order valence-electron chi connectivity index (χ4n) is 3.48. The van der Waals surface area contributed by atoms with Crippen molar-refractivity contribution in [3.05, 3.63) is 29.6 Å². The van der Waals surface area contributed by atoms with Gasteiger partial charge in [0, 0.05) is 24.7 Å². The Morgan fingerprint density at radius 1 is 1.35 bits per heavy atom. The quantitative estimate of drug-likeness (QED) is 0.902. The Labute approximate surface area is 118 Å². The molecule has 1 aliphatic carbocycles. The van der Waals surface area contributed by atoms with Crippen molar-refractivity contribution in [1.29, 1.82) is 0 Å². The summed E-state index contributed by atoms with van der Waals surface area (Å²) in [4.78, 5) is 14.3. The molecular weight excluding hydrogens is 255 g/mol. The topological polar surface area (TPSA) is 46.3 Å². The van der Waals surface area contributed by atoms with E-state index in [1.807, 2.05) is 4.90 Å². The summed E-state index contributed by atoms with van der Waals surface area (Å²) in [6.07, 6.45) is 5.48. The van der Waals surface area contributed by atoms with Gasteiger partial charge in [-0.15, -0.1) is 0 Å². The van der Waals surface area contributed by atoms with Gasteiger partial charge in [-0.05, 0) is 55.4 Å². The molecule has 0 saturated heterocycles. The highest BCUT2D eigenvalue weighted by Crippen LogP contribution is 2.31. The molecule has 1 aliphatic heterocycles. The second-order valence-corrected chi connectivity index (χ2v) is 5.98. The summed E-state index contributed by atoms with van der Waals surface area (Å²) in [6, 6.07) is 4.88. The third-order valence-corrected chi connectivity index (χ3v) is 4.62. The van der Waals surface area contributed by atoms with E-state index in [9.17, 15) is 9.18 Å². The molecule has 0 radical (unpaired) electrons. The number of nitrogens with two attached hydrogens (primary N) is 1. The van der Waals surface area contributed by atoms with E-state index in [0.29, 0.717) is 12.3 Å². The Hall–Kier alpha value is -1.42. The summed E-state index contributed by atoms with van der Waals surface area (Å²) in [6.45, 7) is 0.736. The molecule has 3 nitrogen and oxygen atoms in total. The second kappa shape index (κ2) is 5.52. The molecule has 1 aromatic carbocycles. The van der Waals surface area contributed by atoms with Crippen molar-refractivity contribution < 1.29 is 9.18 Å². The summed E-state index contributed by atoms with van der Waals surface area (Å²) in [5, 5.41) is 0. The highest BCUT2D eigenvalue weighted by Gasteiger charge is 2.30. The van der Waals surface area contributed by atoms with Gasteiger partial charge in [-0.1, -0.05) is 6.42 Å². The van der Waals surface area contributed by atoms with Gasteiger partial charge in [0.15, 0.2) is 0 Å². The Morgan fingerprint density at radius 2 is 2.20 bits per heavy atom.